The zero-order valence-electron chi connectivity index (χ0n) is 17.8. The van der Waals surface area contributed by atoms with E-state index in [1.54, 1.807) is 4.68 Å². The lowest BCUT2D eigenvalue weighted by Gasteiger charge is -2.16. The fourth-order valence-electron chi connectivity index (χ4n) is 4.33. The molecule has 160 valence electrons. The number of anilines is 1. The first-order valence-electron chi connectivity index (χ1n) is 10.7. The summed E-state index contributed by atoms with van der Waals surface area (Å²) in [5, 5.41) is 13.6. The van der Waals surface area contributed by atoms with Gasteiger partial charge < -0.3 is 4.90 Å². The van der Waals surface area contributed by atoms with Crippen LogP contribution in [0.1, 0.15) is 23.7 Å². The van der Waals surface area contributed by atoms with Gasteiger partial charge >= 0.3 is 0 Å². The maximum absolute atomic E-state index is 4.75. The Morgan fingerprint density at radius 3 is 2.72 bits per heavy atom. The standard InChI is InChI=1S/C23H23N9/c1-29-14-20(11-26-29)19-9-21-24-12-22(32(21)27-10-19)30-8-7-18(15-30)23-25-16-31(28-23)13-17-5-3-2-4-6-17/h2-6,9-12,14,16,18H,7-8,13,15H2,1H3. The van der Waals surface area contributed by atoms with Crippen molar-refractivity contribution in [1.82, 2.24) is 39.1 Å². The van der Waals surface area contributed by atoms with Gasteiger partial charge in [0.05, 0.1) is 25.1 Å². The summed E-state index contributed by atoms with van der Waals surface area (Å²) in [7, 11) is 1.91. The number of fused-ring (bicyclic) bond motifs is 1. The van der Waals surface area contributed by atoms with Crippen LogP contribution in [0.3, 0.4) is 0 Å². The molecule has 1 fully saturated rings. The predicted molar refractivity (Wildman–Crippen MR) is 120 cm³/mol. The molecule has 32 heavy (non-hydrogen) atoms. The number of benzene rings is 1. The fraction of sp³-hybridized carbons (Fsp3) is 0.261. The minimum absolute atomic E-state index is 0.298. The monoisotopic (exact) mass is 425 g/mol. The molecule has 1 atom stereocenters. The molecule has 0 amide bonds. The number of aromatic nitrogens is 8. The molecule has 5 aromatic rings. The molecular weight excluding hydrogens is 402 g/mol. The van der Waals surface area contributed by atoms with Crippen molar-refractivity contribution in [2.75, 3.05) is 18.0 Å². The quantitative estimate of drug-likeness (QED) is 0.431. The summed E-state index contributed by atoms with van der Waals surface area (Å²) in [6.07, 6.45) is 10.4. The van der Waals surface area contributed by atoms with E-state index in [4.69, 9.17) is 5.10 Å². The highest BCUT2D eigenvalue weighted by molar-refractivity contribution is 5.66. The molecular formula is C23H23N9. The maximum Gasteiger partial charge on any atom is 0.156 e. The Morgan fingerprint density at radius 1 is 1.00 bits per heavy atom. The van der Waals surface area contributed by atoms with Crippen LogP contribution in [-0.4, -0.2) is 52.2 Å². The molecule has 0 radical (unpaired) electrons. The van der Waals surface area contributed by atoms with Gasteiger partial charge in [-0.2, -0.15) is 19.8 Å². The first-order chi connectivity index (χ1) is 15.7. The van der Waals surface area contributed by atoms with Crippen molar-refractivity contribution in [2.45, 2.75) is 18.9 Å². The highest BCUT2D eigenvalue weighted by Crippen LogP contribution is 2.30. The van der Waals surface area contributed by atoms with Crippen LogP contribution >= 0.6 is 0 Å². The zero-order valence-corrected chi connectivity index (χ0v) is 17.8. The fourth-order valence-corrected chi connectivity index (χ4v) is 4.33. The smallest absolute Gasteiger partial charge is 0.156 e. The summed E-state index contributed by atoms with van der Waals surface area (Å²) < 4.78 is 5.61. The van der Waals surface area contributed by atoms with Crippen molar-refractivity contribution in [3.63, 3.8) is 0 Å². The Morgan fingerprint density at radius 2 is 1.88 bits per heavy atom. The molecule has 1 aromatic carbocycles. The third kappa shape index (κ3) is 3.41. The molecule has 1 aliphatic heterocycles. The molecule has 0 spiro atoms. The van der Waals surface area contributed by atoms with Crippen LogP contribution in [0.25, 0.3) is 16.8 Å². The topological polar surface area (TPSA) is 82.0 Å². The second-order valence-electron chi connectivity index (χ2n) is 8.25. The number of aryl methyl sites for hydroxylation is 1. The van der Waals surface area contributed by atoms with Gasteiger partial charge in [-0.15, -0.1) is 0 Å². The van der Waals surface area contributed by atoms with Gasteiger partial charge in [-0.05, 0) is 18.1 Å². The molecule has 9 nitrogen and oxygen atoms in total. The van der Waals surface area contributed by atoms with E-state index in [0.717, 1.165) is 54.5 Å². The molecule has 4 aromatic heterocycles. The summed E-state index contributed by atoms with van der Waals surface area (Å²) in [4.78, 5) is 11.5. The van der Waals surface area contributed by atoms with Gasteiger partial charge in [0.25, 0.3) is 0 Å². The van der Waals surface area contributed by atoms with Crippen molar-refractivity contribution in [3.8, 4) is 11.1 Å². The van der Waals surface area contributed by atoms with Crippen LogP contribution in [0.2, 0.25) is 0 Å². The number of imidazole rings is 1. The van der Waals surface area contributed by atoms with Crippen LogP contribution in [0.4, 0.5) is 5.82 Å². The molecule has 5 heterocycles. The summed E-state index contributed by atoms with van der Waals surface area (Å²) in [6.45, 7) is 2.52. The van der Waals surface area contributed by atoms with Crippen LogP contribution in [0.5, 0.6) is 0 Å². The predicted octanol–water partition coefficient (Wildman–Crippen LogP) is 2.76. The average Bonchev–Trinajstić information content (AvgIpc) is 3.60. The van der Waals surface area contributed by atoms with E-state index < -0.39 is 0 Å². The first kappa shape index (κ1) is 18.7. The van der Waals surface area contributed by atoms with Crippen molar-refractivity contribution in [3.05, 3.63) is 78.9 Å². The zero-order chi connectivity index (χ0) is 21.5. The Hall–Kier alpha value is -4.01. The Bertz CT molecular complexity index is 1360. The number of nitrogens with zero attached hydrogens (tertiary/aromatic N) is 9. The minimum Gasteiger partial charge on any atom is -0.354 e. The second kappa shape index (κ2) is 7.60. The summed E-state index contributed by atoms with van der Waals surface area (Å²) in [5.41, 5.74) is 4.09. The highest BCUT2D eigenvalue weighted by Gasteiger charge is 2.29. The van der Waals surface area contributed by atoms with E-state index >= 15 is 0 Å². The first-order valence-corrected chi connectivity index (χ1v) is 10.7. The molecule has 1 aliphatic rings. The van der Waals surface area contributed by atoms with Crippen LogP contribution in [-0.2, 0) is 13.6 Å². The number of hydrogen-bond donors (Lipinski definition) is 0. The van der Waals surface area contributed by atoms with Crippen molar-refractivity contribution in [1.29, 1.82) is 0 Å². The van der Waals surface area contributed by atoms with Gasteiger partial charge in [0, 0.05) is 43.4 Å². The second-order valence-corrected chi connectivity index (χ2v) is 8.25. The van der Waals surface area contributed by atoms with Crippen LogP contribution in [0, 0.1) is 0 Å². The number of rotatable bonds is 5. The Kier molecular flexibility index (Phi) is 4.45. The molecule has 9 heteroatoms. The molecule has 0 aliphatic carbocycles. The Labute approximate surface area is 185 Å². The van der Waals surface area contributed by atoms with Crippen molar-refractivity contribution in [2.24, 2.45) is 7.05 Å². The molecule has 1 unspecified atom stereocenters. The van der Waals surface area contributed by atoms with Crippen LogP contribution < -0.4 is 4.90 Å². The average molecular weight is 426 g/mol. The summed E-state index contributed by atoms with van der Waals surface area (Å²) in [6, 6.07) is 12.4. The maximum atomic E-state index is 4.75. The van der Waals surface area contributed by atoms with Gasteiger partial charge in [-0.25, -0.2) is 14.6 Å². The van der Waals surface area contributed by atoms with Gasteiger partial charge in [0.1, 0.15) is 6.33 Å². The summed E-state index contributed by atoms with van der Waals surface area (Å²) >= 11 is 0. The van der Waals surface area contributed by atoms with E-state index in [2.05, 4.69) is 37.2 Å². The minimum atomic E-state index is 0.298. The molecule has 0 bridgehead atoms. The highest BCUT2D eigenvalue weighted by atomic mass is 15.4. The van der Waals surface area contributed by atoms with E-state index in [1.807, 2.05) is 71.6 Å². The van der Waals surface area contributed by atoms with Gasteiger partial charge in [-0.3, -0.25) is 4.68 Å². The van der Waals surface area contributed by atoms with Crippen molar-refractivity contribution < 1.29 is 0 Å². The molecule has 1 saturated heterocycles. The Balaban J connectivity index is 1.19. The van der Waals surface area contributed by atoms with E-state index in [-0.39, 0.29) is 0 Å². The van der Waals surface area contributed by atoms with Gasteiger partial charge in [0.15, 0.2) is 17.3 Å². The SMILES string of the molecule is Cn1cc(-c2cnn3c(N4CCC(c5ncn(Cc6ccccc6)n5)C4)cnc3c2)cn1. The lowest BCUT2D eigenvalue weighted by atomic mass is 10.1. The lowest BCUT2D eigenvalue weighted by molar-refractivity contribution is 0.641. The van der Waals surface area contributed by atoms with Gasteiger partial charge in [0.2, 0.25) is 0 Å². The van der Waals surface area contributed by atoms with Crippen LogP contribution in [0.15, 0.2) is 67.5 Å². The van der Waals surface area contributed by atoms with Crippen molar-refractivity contribution >= 4 is 11.5 Å². The van der Waals surface area contributed by atoms with E-state index in [9.17, 15) is 0 Å². The third-order valence-corrected chi connectivity index (χ3v) is 6.00. The molecule has 0 saturated carbocycles. The lowest BCUT2D eigenvalue weighted by Crippen LogP contribution is -2.21. The largest absolute Gasteiger partial charge is 0.354 e. The van der Waals surface area contributed by atoms with E-state index in [1.165, 1.54) is 5.56 Å². The number of hydrogen-bond acceptors (Lipinski definition) is 6. The molecule has 0 N–H and O–H groups in total. The summed E-state index contributed by atoms with van der Waals surface area (Å²) in [5.74, 6) is 2.21. The molecule has 6 rings (SSSR count). The van der Waals surface area contributed by atoms with E-state index in [0.29, 0.717) is 5.92 Å². The van der Waals surface area contributed by atoms with Gasteiger partial charge in [-0.1, -0.05) is 30.3 Å². The third-order valence-electron chi connectivity index (χ3n) is 6.00. The normalized spacial score (nSPS) is 16.3.